The number of aryl methyl sites for hydroxylation is 1. The molecule has 0 aliphatic carbocycles. The van der Waals surface area contributed by atoms with E-state index in [0.717, 1.165) is 0 Å². The van der Waals surface area contributed by atoms with Gasteiger partial charge in [0.15, 0.2) is 11.9 Å². The number of Topliss-reactive ketones (excluding diaryl/α,β-unsaturated/α-hetero) is 1. The van der Waals surface area contributed by atoms with Gasteiger partial charge < -0.3 is 23.8 Å². The number of ketones is 1. The fourth-order valence-electron chi connectivity index (χ4n) is 2.61. The number of fused-ring (bicyclic) bond motifs is 1. The number of aromatic hydroxyl groups is 1. The molecular formula is C18H20O7. The summed E-state index contributed by atoms with van der Waals surface area (Å²) >= 11 is 0. The Bertz CT molecular complexity index is 864. The second-order valence-electron chi connectivity index (χ2n) is 5.67. The standard InChI is InChI=1S/C18H20O7/c1-10(20)4-5-12-11(2)16-15(24-7-6-23-3)8-14(21)13(9-19)17(16)25-18(12)22/h8-9,21H,4-7H2,1-3H3. The van der Waals surface area contributed by atoms with E-state index in [9.17, 15) is 19.5 Å². The van der Waals surface area contributed by atoms with E-state index >= 15 is 0 Å². The zero-order valence-corrected chi connectivity index (χ0v) is 14.4. The number of ether oxygens (including phenoxy) is 2. The highest BCUT2D eigenvalue weighted by Gasteiger charge is 2.21. The van der Waals surface area contributed by atoms with Crippen LogP contribution in [0.25, 0.3) is 11.0 Å². The van der Waals surface area contributed by atoms with Crippen LogP contribution < -0.4 is 10.4 Å². The maximum atomic E-state index is 12.3. The molecule has 0 radical (unpaired) electrons. The summed E-state index contributed by atoms with van der Waals surface area (Å²) in [5.41, 5.74) is 0.122. The van der Waals surface area contributed by atoms with Crippen LogP contribution in [0.1, 0.15) is 34.8 Å². The molecule has 0 saturated carbocycles. The average molecular weight is 348 g/mol. The summed E-state index contributed by atoms with van der Waals surface area (Å²) < 4.78 is 15.8. The maximum absolute atomic E-state index is 12.3. The molecule has 1 aromatic heterocycles. The largest absolute Gasteiger partial charge is 0.507 e. The van der Waals surface area contributed by atoms with E-state index < -0.39 is 5.63 Å². The topological polar surface area (TPSA) is 103 Å². The van der Waals surface area contributed by atoms with Gasteiger partial charge in [0, 0.05) is 25.2 Å². The number of methoxy groups -OCH3 is 1. The van der Waals surface area contributed by atoms with Crippen LogP contribution in [0, 0.1) is 6.92 Å². The molecular weight excluding hydrogens is 328 g/mol. The molecule has 0 fully saturated rings. The summed E-state index contributed by atoms with van der Waals surface area (Å²) in [6, 6.07) is 1.31. The molecule has 0 saturated heterocycles. The number of phenols is 1. The number of phenolic OH excluding ortho intramolecular Hbond substituents is 1. The molecule has 7 nitrogen and oxygen atoms in total. The van der Waals surface area contributed by atoms with Crippen molar-refractivity contribution in [3.63, 3.8) is 0 Å². The van der Waals surface area contributed by atoms with Crippen LogP contribution >= 0.6 is 0 Å². The highest BCUT2D eigenvalue weighted by molar-refractivity contribution is 6.01. The van der Waals surface area contributed by atoms with Gasteiger partial charge in [-0.25, -0.2) is 4.79 Å². The third kappa shape index (κ3) is 3.88. The number of carbonyl (C=O) groups excluding carboxylic acids is 2. The Kier molecular flexibility index (Phi) is 5.93. The average Bonchev–Trinajstić information content (AvgIpc) is 2.54. The van der Waals surface area contributed by atoms with Gasteiger partial charge in [-0.3, -0.25) is 4.79 Å². The number of rotatable bonds is 8. The summed E-state index contributed by atoms with van der Waals surface area (Å²) in [6.45, 7) is 3.68. The molecule has 134 valence electrons. The summed E-state index contributed by atoms with van der Waals surface area (Å²) in [5, 5.41) is 10.4. The first kappa shape index (κ1) is 18.7. The minimum Gasteiger partial charge on any atom is -0.507 e. The lowest BCUT2D eigenvalue weighted by atomic mass is 9.99. The molecule has 0 spiro atoms. The fourth-order valence-corrected chi connectivity index (χ4v) is 2.61. The fraction of sp³-hybridized carbons (Fsp3) is 0.389. The Labute approximate surface area is 144 Å². The molecule has 0 atom stereocenters. The molecule has 1 N–H and O–H groups in total. The van der Waals surface area contributed by atoms with E-state index in [4.69, 9.17) is 13.9 Å². The first-order valence-electron chi connectivity index (χ1n) is 7.79. The Balaban J connectivity index is 2.70. The van der Waals surface area contributed by atoms with E-state index in [1.165, 1.54) is 20.1 Å². The van der Waals surface area contributed by atoms with Gasteiger partial charge in [0.05, 0.1) is 17.6 Å². The van der Waals surface area contributed by atoms with Gasteiger partial charge in [0.25, 0.3) is 0 Å². The summed E-state index contributed by atoms with van der Waals surface area (Å²) in [6.07, 6.45) is 0.859. The van der Waals surface area contributed by atoms with Crippen LogP contribution in [0.3, 0.4) is 0 Å². The Morgan fingerprint density at radius 1 is 1.36 bits per heavy atom. The van der Waals surface area contributed by atoms with Crippen LogP contribution in [-0.4, -0.2) is 37.5 Å². The van der Waals surface area contributed by atoms with Crippen LogP contribution in [0.4, 0.5) is 0 Å². The predicted molar refractivity (Wildman–Crippen MR) is 90.6 cm³/mol. The predicted octanol–water partition coefficient (Wildman–Crippen LogP) is 2.17. The second kappa shape index (κ2) is 7.94. The normalized spacial score (nSPS) is 10.8. The smallest absolute Gasteiger partial charge is 0.339 e. The molecule has 2 aromatic rings. The zero-order valence-electron chi connectivity index (χ0n) is 14.4. The zero-order chi connectivity index (χ0) is 18.6. The summed E-state index contributed by atoms with van der Waals surface area (Å²) in [7, 11) is 1.53. The molecule has 25 heavy (non-hydrogen) atoms. The Hall–Kier alpha value is -2.67. The quantitative estimate of drug-likeness (QED) is 0.443. The van der Waals surface area contributed by atoms with Gasteiger partial charge in [-0.15, -0.1) is 0 Å². The number of hydrogen-bond donors (Lipinski definition) is 1. The molecule has 1 aromatic carbocycles. The van der Waals surface area contributed by atoms with Crippen molar-refractivity contribution in [2.24, 2.45) is 0 Å². The van der Waals surface area contributed by atoms with E-state index in [-0.39, 0.29) is 47.9 Å². The monoisotopic (exact) mass is 348 g/mol. The van der Waals surface area contributed by atoms with Crippen molar-refractivity contribution < 1.29 is 28.6 Å². The maximum Gasteiger partial charge on any atom is 0.339 e. The molecule has 0 amide bonds. The van der Waals surface area contributed by atoms with Gasteiger partial charge >= 0.3 is 5.63 Å². The van der Waals surface area contributed by atoms with Gasteiger partial charge in [-0.1, -0.05) is 0 Å². The van der Waals surface area contributed by atoms with Crippen molar-refractivity contribution in [2.45, 2.75) is 26.7 Å². The van der Waals surface area contributed by atoms with Crippen LogP contribution in [0.15, 0.2) is 15.3 Å². The van der Waals surface area contributed by atoms with Crippen molar-refractivity contribution in [2.75, 3.05) is 20.3 Å². The number of carbonyl (C=O) groups is 2. The second-order valence-corrected chi connectivity index (χ2v) is 5.67. The van der Waals surface area contributed by atoms with E-state index in [1.807, 2.05) is 0 Å². The van der Waals surface area contributed by atoms with Gasteiger partial charge in [-0.05, 0) is 25.8 Å². The van der Waals surface area contributed by atoms with E-state index in [1.54, 1.807) is 6.92 Å². The number of aldehydes is 1. The third-order valence-corrected chi connectivity index (χ3v) is 3.92. The van der Waals surface area contributed by atoms with Gasteiger partial charge in [0.1, 0.15) is 23.9 Å². The molecule has 0 aliphatic rings. The van der Waals surface area contributed by atoms with Crippen molar-refractivity contribution in [3.05, 3.63) is 33.2 Å². The van der Waals surface area contributed by atoms with Crippen molar-refractivity contribution in [3.8, 4) is 11.5 Å². The third-order valence-electron chi connectivity index (χ3n) is 3.92. The van der Waals surface area contributed by atoms with Gasteiger partial charge in [0.2, 0.25) is 0 Å². The summed E-state index contributed by atoms with van der Waals surface area (Å²) in [5.74, 6) is -0.107. The Morgan fingerprint density at radius 2 is 2.08 bits per heavy atom. The first-order chi connectivity index (χ1) is 11.9. The molecule has 0 unspecified atom stereocenters. The number of hydrogen-bond acceptors (Lipinski definition) is 7. The van der Waals surface area contributed by atoms with Crippen LogP contribution in [0.5, 0.6) is 11.5 Å². The molecule has 0 bridgehead atoms. The molecule has 0 aliphatic heterocycles. The summed E-state index contributed by atoms with van der Waals surface area (Å²) in [4.78, 5) is 34.8. The number of benzene rings is 1. The van der Waals surface area contributed by atoms with Crippen LogP contribution in [0.2, 0.25) is 0 Å². The first-order valence-corrected chi connectivity index (χ1v) is 7.79. The minimum atomic E-state index is -0.636. The van der Waals surface area contributed by atoms with Gasteiger partial charge in [-0.2, -0.15) is 0 Å². The van der Waals surface area contributed by atoms with E-state index in [0.29, 0.717) is 29.4 Å². The minimum absolute atomic E-state index is 0.0310. The Morgan fingerprint density at radius 3 is 2.68 bits per heavy atom. The molecule has 1 heterocycles. The lowest BCUT2D eigenvalue weighted by Crippen LogP contribution is -2.13. The molecule has 2 rings (SSSR count). The highest BCUT2D eigenvalue weighted by Crippen LogP contribution is 2.36. The van der Waals surface area contributed by atoms with Crippen molar-refractivity contribution >= 4 is 23.0 Å². The SMILES string of the molecule is COCCOc1cc(O)c(C=O)c2oc(=O)c(CCC(C)=O)c(C)c12. The highest BCUT2D eigenvalue weighted by atomic mass is 16.5. The van der Waals surface area contributed by atoms with Crippen molar-refractivity contribution in [1.29, 1.82) is 0 Å². The molecule has 7 heteroatoms. The lowest BCUT2D eigenvalue weighted by molar-refractivity contribution is -0.116. The van der Waals surface area contributed by atoms with E-state index in [2.05, 4.69) is 0 Å². The van der Waals surface area contributed by atoms with Crippen LogP contribution in [-0.2, 0) is 16.0 Å². The lowest BCUT2D eigenvalue weighted by Gasteiger charge is -2.14. The van der Waals surface area contributed by atoms with Crippen molar-refractivity contribution in [1.82, 2.24) is 0 Å².